The Morgan fingerprint density at radius 3 is 2.15 bits per heavy atom. The lowest BCUT2D eigenvalue weighted by molar-refractivity contribution is 0.358. The van der Waals surface area contributed by atoms with Gasteiger partial charge in [0.2, 0.25) is 11.9 Å². The second-order valence-electron chi connectivity index (χ2n) is 7.27. The van der Waals surface area contributed by atoms with Gasteiger partial charge in [-0.05, 0) is 24.5 Å². The van der Waals surface area contributed by atoms with Gasteiger partial charge >= 0.3 is 0 Å². The van der Waals surface area contributed by atoms with Gasteiger partial charge in [-0.15, -0.1) is 0 Å². The molecule has 0 amide bonds. The van der Waals surface area contributed by atoms with Crippen LogP contribution >= 0.6 is 0 Å². The van der Waals surface area contributed by atoms with Crippen molar-refractivity contribution in [1.82, 2.24) is 19.9 Å². The number of pyridine rings is 1. The van der Waals surface area contributed by atoms with Gasteiger partial charge in [0.05, 0.1) is 0 Å². The van der Waals surface area contributed by atoms with Gasteiger partial charge in [-0.25, -0.2) is 0 Å². The highest BCUT2D eigenvalue weighted by Gasteiger charge is 2.21. The minimum atomic E-state index is 0.0816. The number of benzene rings is 1. The number of nitrogens with zero attached hydrogens (tertiary/aromatic N) is 4. The molecule has 1 unspecified atom stereocenters. The molecule has 0 saturated carbocycles. The SMILES string of the molecule is CC(Nc1nc(Nc2ccncc2)nc(-c2ccccc2)n1)C(C)(C)C. The highest BCUT2D eigenvalue weighted by Crippen LogP contribution is 2.24. The van der Waals surface area contributed by atoms with E-state index in [9.17, 15) is 0 Å². The number of rotatable bonds is 5. The van der Waals surface area contributed by atoms with E-state index in [0.29, 0.717) is 17.7 Å². The van der Waals surface area contributed by atoms with E-state index in [1.54, 1.807) is 12.4 Å². The molecule has 6 heteroatoms. The zero-order chi connectivity index (χ0) is 18.6. The Hall–Kier alpha value is -3.02. The molecule has 2 aromatic heterocycles. The van der Waals surface area contributed by atoms with Gasteiger partial charge in [0, 0.05) is 29.7 Å². The van der Waals surface area contributed by atoms with E-state index in [1.165, 1.54) is 0 Å². The molecule has 0 bridgehead atoms. The molecule has 6 nitrogen and oxygen atoms in total. The molecule has 0 spiro atoms. The average Bonchev–Trinajstić information content (AvgIpc) is 2.62. The first-order valence-corrected chi connectivity index (χ1v) is 8.67. The van der Waals surface area contributed by atoms with Crippen molar-refractivity contribution in [2.24, 2.45) is 5.41 Å². The first-order valence-electron chi connectivity index (χ1n) is 8.67. The van der Waals surface area contributed by atoms with Gasteiger partial charge in [-0.3, -0.25) is 4.98 Å². The summed E-state index contributed by atoms with van der Waals surface area (Å²) in [6.07, 6.45) is 3.45. The lowest BCUT2D eigenvalue weighted by Gasteiger charge is -2.28. The quantitative estimate of drug-likeness (QED) is 0.706. The molecule has 0 fully saturated rings. The van der Waals surface area contributed by atoms with Crippen molar-refractivity contribution in [2.75, 3.05) is 10.6 Å². The van der Waals surface area contributed by atoms with E-state index in [2.05, 4.69) is 58.3 Å². The molecule has 1 aromatic carbocycles. The lowest BCUT2D eigenvalue weighted by atomic mass is 9.88. The fourth-order valence-corrected chi connectivity index (χ4v) is 2.19. The fourth-order valence-electron chi connectivity index (χ4n) is 2.19. The maximum absolute atomic E-state index is 4.61. The summed E-state index contributed by atoms with van der Waals surface area (Å²) in [5.74, 6) is 1.67. The van der Waals surface area contributed by atoms with E-state index in [0.717, 1.165) is 11.3 Å². The maximum Gasteiger partial charge on any atom is 0.232 e. The van der Waals surface area contributed by atoms with E-state index in [1.807, 2.05) is 42.5 Å². The molecule has 0 aliphatic heterocycles. The second kappa shape index (κ2) is 7.47. The highest BCUT2D eigenvalue weighted by atomic mass is 15.2. The molecule has 0 saturated heterocycles. The number of nitrogens with one attached hydrogen (secondary N) is 2. The molecular weight excluding hydrogens is 324 g/mol. The van der Waals surface area contributed by atoms with Crippen molar-refractivity contribution in [1.29, 1.82) is 0 Å². The number of hydrogen-bond acceptors (Lipinski definition) is 6. The van der Waals surface area contributed by atoms with Crippen molar-refractivity contribution in [2.45, 2.75) is 33.7 Å². The lowest BCUT2D eigenvalue weighted by Crippen LogP contribution is -2.31. The monoisotopic (exact) mass is 348 g/mol. The van der Waals surface area contributed by atoms with Crippen LogP contribution in [0.4, 0.5) is 17.6 Å². The fraction of sp³-hybridized carbons (Fsp3) is 0.300. The summed E-state index contributed by atoms with van der Waals surface area (Å²) < 4.78 is 0. The van der Waals surface area contributed by atoms with Gasteiger partial charge in [-0.2, -0.15) is 15.0 Å². The summed E-state index contributed by atoms with van der Waals surface area (Å²) in [5, 5.41) is 6.63. The van der Waals surface area contributed by atoms with Gasteiger partial charge in [0.1, 0.15) is 0 Å². The normalized spacial score (nSPS) is 12.5. The molecule has 0 aliphatic rings. The zero-order valence-corrected chi connectivity index (χ0v) is 15.6. The topological polar surface area (TPSA) is 75.6 Å². The Kier molecular flexibility index (Phi) is 5.11. The van der Waals surface area contributed by atoms with Crippen LogP contribution in [0.3, 0.4) is 0 Å². The van der Waals surface area contributed by atoms with Gasteiger partial charge in [0.25, 0.3) is 0 Å². The van der Waals surface area contributed by atoms with Crippen LogP contribution in [0.25, 0.3) is 11.4 Å². The van der Waals surface area contributed by atoms with Crippen LogP contribution in [-0.4, -0.2) is 26.0 Å². The third-order valence-corrected chi connectivity index (χ3v) is 4.25. The molecule has 134 valence electrons. The molecule has 3 rings (SSSR count). The third-order valence-electron chi connectivity index (χ3n) is 4.25. The van der Waals surface area contributed by atoms with Crippen LogP contribution in [0.1, 0.15) is 27.7 Å². The largest absolute Gasteiger partial charge is 0.351 e. The second-order valence-corrected chi connectivity index (χ2v) is 7.27. The van der Waals surface area contributed by atoms with Crippen LogP contribution in [0, 0.1) is 5.41 Å². The number of aromatic nitrogens is 4. The molecule has 0 radical (unpaired) electrons. The Morgan fingerprint density at radius 2 is 1.50 bits per heavy atom. The van der Waals surface area contributed by atoms with Crippen molar-refractivity contribution in [3.05, 3.63) is 54.9 Å². The van der Waals surface area contributed by atoms with E-state index in [-0.39, 0.29) is 11.5 Å². The summed E-state index contributed by atoms with van der Waals surface area (Å²) in [5.41, 5.74) is 1.90. The molecule has 1 atom stereocenters. The van der Waals surface area contributed by atoms with Crippen molar-refractivity contribution in [3.8, 4) is 11.4 Å². The van der Waals surface area contributed by atoms with E-state index >= 15 is 0 Å². The summed E-state index contributed by atoms with van der Waals surface area (Å²) in [7, 11) is 0. The first-order chi connectivity index (χ1) is 12.4. The molecular formula is C20H24N6. The predicted molar refractivity (Wildman–Crippen MR) is 105 cm³/mol. The van der Waals surface area contributed by atoms with Crippen molar-refractivity contribution >= 4 is 17.6 Å². The Bertz CT molecular complexity index is 843. The maximum atomic E-state index is 4.61. The predicted octanol–water partition coefficient (Wildman–Crippen LogP) is 4.52. The molecule has 2 heterocycles. The molecule has 2 N–H and O–H groups in total. The number of hydrogen-bond donors (Lipinski definition) is 2. The number of anilines is 3. The average molecular weight is 348 g/mol. The van der Waals surface area contributed by atoms with Crippen LogP contribution in [-0.2, 0) is 0 Å². The van der Waals surface area contributed by atoms with Gasteiger partial charge < -0.3 is 10.6 Å². The third kappa shape index (κ3) is 4.53. The summed E-state index contributed by atoms with van der Waals surface area (Å²) in [6, 6.07) is 13.8. The van der Waals surface area contributed by atoms with Gasteiger partial charge in [-0.1, -0.05) is 51.1 Å². The van der Waals surface area contributed by atoms with Crippen LogP contribution in [0.15, 0.2) is 54.9 Å². The first kappa shape index (κ1) is 17.8. The van der Waals surface area contributed by atoms with Crippen LogP contribution in [0.2, 0.25) is 0 Å². The van der Waals surface area contributed by atoms with Gasteiger partial charge in [0.15, 0.2) is 5.82 Å². The Morgan fingerprint density at radius 1 is 0.846 bits per heavy atom. The molecule has 26 heavy (non-hydrogen) atoms. The van der Waals surface area contributed by atoms with Crippen LogP contribution < -0.4 is 10.6 Å². The summed E-state index contributed by atoms with van der Waals surface area (Å²) in [6.45, 7) is 8.67. The van der Waals surface area contributed by atoms with E-state index in [4.69, 9.17) is 0 Å². The molecule has 3 aromatic rings. The minimum Gasteiger partial charge on any atom is -0.351 e. The van der Waals surface area contributed by atoms with Crippen molar-refractivity contribution in [3.63, 3.8) is 0 Å². The van der Waals surface area contributed by atoms with Crippen molar-refractivity contribution < 1.29 is 0 Å². The molecule has 0 aliphatic carbocycles. The summed E-state index contributed by atoms with van der Waals surface area (Å²) in [4.78, 5) is 17.8. The minimum absolute atomic E-state index is 0.0816. The standard InChI is InChI=1S/C20H24N6/c1-14(20(2,3)4)22-18-24-17(15-8-6-5-7-9-15)25-19(26-18)23-16-10-12-21-13-11-16/h5-14H,1-4H3,(H2,21,22,23,24,25,26). The highest BCUT2D eigenvalue weighted by molar-refractivity contribution is 5.60. The summed E-state index contributed by atoms with van der Waals surface area (Å²) >= 11 is 0. The zero-order valence-electron chi connectivity index (χ0n) is 15.6. The van der Waals surface area contributed by atoms with Crippen LogP contribution in [0.5, 0.6) is 0 Å². The van der Waals surface area contributed by atoms with E-state index < -0.39 is 0 Å². The smallest absolute Gasteiger partial charge is 0.232 e. The Labute approximate surface area is 154 Å². The Balaban J connectivity index is 1.96.